The lowest BCUT2D eigenvalue weighted by molar-refractivity contribution is 0.464. The summed E-state index contributed by atoms with van der Waals surface area (Å²) in [5.41, 5.74) is 6.18. The second kappa shape index (κ2) is 3.11. The third-order valence-corrected chi connectivity index (χ3v) is 1.81. The number of nitrogens with two attached hydrogens (primary N) is 1. The fraction of sp³-hybridized carbons (Fsp3) is 0.250. The Hall–Kier alpha value is -0.730. The van der Waals surface area contributed by atoms with Gasteiger partial charge < -0.3 is 10.8 Å². The fourth-order valence-corrected chi connectivity index (χ4v) is 1.32. The van der Waals surface area contributed by atoms with Crippen LogP contribution >= 0.6 is 11.6 Å². The summed E-state index contributed by atoms with van der Waals surface area (Å²) in [5, 5.41) is 9.81. The van der Waals surface area contributed by atoms with Crippen molar-refractivity contribution in [3.63, 3.8) is 0 Å². The van der Waals surface area contributed by atoms with Crippen LogP contribution in [0.4, 0.5) is 0 Å². The van der Waals surface area contributed by atoms with Crippen LogP contribution in [-0.4, -0.2) is 5.11 Å². The predicted octanol–water partition coefficient (Wildman–Crippen LogP) is 2.07. The third-order valence-electron chi connectivity index (χ3n) is 1.49. The summed E-state index contributed by atoms with van der Waals surface area (Å²) in [6, 6.07) is 4.73. The molecule has 1 atom stereocenters. The number of benzene rings is 1. The second-order valence-electron chi connectivity index (χ2n) is 2.46. The van der Waals surface area contributed by atoms with Crippen molar-refractivity contribution < 1.29 is 5.11 Å². The van der Waals surface area contributed by atoms with Gasteiger partial charge in [-0.2, -0.15) is 0 Å². The Morgan fingerprint density at radius 1 is 1.55 bits per heavy atom. The Balaban J connectivity index is 3.21. The van der Waals surface area contributed by atoms with Crippen LogP contribution < -0.4 is 5.73 Å². The normalized spacial score (nSPS) is 13.0. The first-order valence-corrected chi connectivity index (χ1v) is 3.73. The highest BCUT2D eigenvalue weighted by Gasteiger charge is 2.09. The van der Waals surface area contributed by atoms with E-state index in [-0.39, 0.29) is 11.8 Å². The Labute approximate surface area is 70.6 Å². The van der Waals surface area contributed by atoms with Gasteiger partial charge in [-0.05, 0) is 19.1 Å². The van der Waals surface area contributed by atoms with Gasteiger partial charge in [-0.15, -0.1) is 0 Å². The second-order valence-corrected chi connectivity index (χ2v) is 2.87. The molecule has 0 fully saturated rings. The lowest BCUT2D eigenvalue weighted by Gasteiger charge is -2.09. The van der Waals surface area contributed by atoms with Gasteiger partial charge in [0.25, 0.3) is 0 Å². The van der Waals surface area contributed by atoms with Crippen LogP contribution in [0.25, 0.3) is 0 Å². The molecule has 0 saturated heterocycles. The molecule has 60 valence electrons. The van der Waals surface area contributed by atoms with Gasteiger partial charge in [0.2, 0.25) is 0 Å². The van der Waals surface area contributed by atoms with E-state index >= 15 is 0 Å². The first kappa shape index (κ1) is 8.37. The average molecular weight is 172 g/mol. The third kappa shape index (κ3) is 1.64. The molecule has 1 aromatic carbocycles. The summed E-state index contributed by atoms with van der Waals surface area (Å²) in [5.74, 6) is 0.160. The Morgan fingerprint density at radius 3 is 2.55 bits per heavy atom. The Morgan fingerprint density at radius 2 is 2.18 bits per heavy atom. The smallest absolute Gasteiger partial charge is 0.121 e. The minimum absolute atomic E-state index is 0.160. The predicted molar refractivity (Wildman–Crippen MR) is 45.7 cm³/mol. The summed E-state index contributed by atoms with van der Waals surface area (Å²) < 4.78 is 0. The van der Waals surface area contributed by atoms with Crippen molar-refractivity contribution in [3.05, 3.63) is 28.8 Å². The van der Waals surface area contributed by atoms with E-state index in [1.165, 1.54) is 0 Å². The van der Waals surface area contributed by atoms with Gasteiger partial charge in [0.15, 0.2) is 0 Å². The van der Waals surface area contributed by atoms with Crippen LogP contribution in [-0.2, 0) is 0 Å². The molecule has 2 nitrogen and oxygen atoms in total. The monoisotopic (exact) mass is 171 g/mol. The van der Waals surface area contributed by atoms with Gasteiger partial charge in [0.1, 0.15) is 5.75 Å². The minimum atomic E-state index is -0.233. The molecular formula is C8H10ClNO. The first-order valence-electron chi connectivity index (χ1n) is 3.36. The van der Waals surface area contributed by atoms with Crippen molar-refractivity contribution in [3.8, 4) is 5.75 Å². The van der Waals surface area contributed by atoms with Crippen molar-refractivity contribution in [2.45, 2.75) is 13.0 Å². The highest BCUT2D eigenvalue weighted by atomic mass is 35.5. The number of phenolic OH excluding ortho intramolecular Hbond substituents is 1. The van der Waals surface area contributed by atoms with Crippen molar-refractivity contribution in [1.29, 1.82) is 0 Å². The largest absolute Gasteiger partial charge is 0.508 e. The highest BCUT2D eigenvalue weighted by Crippen LogP contribution is 2.29. The minimum Gasteiger partial charge on any atom is -0.508 e. The molecule has 0 unspecified atom stereocenters. The lowest BCUT2D eigenvalue weighted by Crippen LogP contribution is -2.05. The topological polar surface area (TPSA) is 46.2 Å². The van der Waals surface area contributed by atoms with E-state index in [1.807, 2.05) is 0 Å². The molecule has 0 radical (unpaired) electrons. The molecule has 0 bridgehead atoms. The number of hydrogen-bond donors (Lipinski definition) is 2. The molecule has 3 N–H and O–H groups in total. The summed E-state index contributed by atoms with van der Waals surface area (Å²) >= 11 is 5.78. The van der Waals surface area contributed by atoms with Crippen molar-refractivity contribution in [2.24, 2.45) is 5.73 Å². The molecule has 0 amide bonds. The van der Waals surface area contributed by atoms with Crippen LogP contribution in [0.3, 0.4) is 0 Å². The zero-order valence-electron chi connectivity index (χ0n) is 6.21. The van der Waals surface area contributed by atoms with E-state index in [4.69, 9.17) is 17.3 Å². The number of aromatic hydroxyl groups is 1. The van der Waals surface area contributed by atoms with E-state index < -0.39 is 0 Å². The molecule has 11 heavy (non-hydrogen) atoms. The summed E-state index contributed by atoms with van der Waals surface area (Å²) in [6.45, 7) is 1.78. The Bertz CT molecular complexity index is 240. The molecule has 0 aliphatic heterocycles. The quantitative estimate of drug-likeness (QED) is 0.680. The van der Waals surface area contributed by atoms with E-state index in [9.17, 15) is 5.11 Å². The van der Waals surface area contributed by atoms with E-state index in [2.05, 4.69) is 0 Å². The number of phenols is 1. The number of hydrogen-bond acceptors (Lipinski definition) is 2. The van der Waals surface area contributed by atoms with Crippen LogP contribution in [0.15, 0.2) is 18.2 Å². The molecule has 0 aliphatic carbocycles. The molecule has 0 spiro atoms. The average Bonchev–Trinajstić information content (AvgIpc) is 1.85. The van der Waals surface area contributed by atoms with E-state index in [0.29, 0.717) is 10.6 Å². The summed E-state index contributed by atoms with van der Waals surface area (Å²) in [7, 11) is 0. The van der Waals surface area contributed by atoms with Crippen LogP contribution in [0, 0.1) is 0 Å². The molecule has 0 aromatic heterocycles. The maximum absolute atomic E-state index is 9.30. The number of halogens is 1. The van der Waals surface area contributed by atoms with Crippen LogP contribution in [0.1, 0.15) is 18.5 Å². The maximum Gasteiger partial charge on any atom is 0.121 e. The molecule has 0 saturated carbocycles. The van der Waals surface area contributed by atoms with Gasteiger partial charge in [-0.3, -0.25) is 0 Å². The molecule has 1 aromatic rings. The molecular weight excluding hydrogens is 162 g/mol. The van der Waals surface area contributed by atoms with E-state index in [0.717, 1.165) is 0 Å². The van der Waals surface area contributed by atoms with Gasteiger partial charge in [-0.25, -0.2) is 0 Å². The SMILES string of the molecule is C[C@@H](N)c1c(O)cccc1Cl. The van der Waals surface area contributed by atoms with Gasteiger partial charge in [0, 0.05) is 16.6 Å². The zero-order chi connectivity index (χ0) is 8.43. The Kier molecular flexibility index (Phi) is 2.37. The first-order chi connectivity index (χ1) is 5.13. The van der Waals surface area contributed by atoms with Crippen molar-refractivity contribution in [2.75, 3.05) is 0 Å². The molecule has 0 aliphatic rings. The fourth-order valence-electron chi connectivity index (χ4n) is 0.976. The molecule has 1 rings (SSSR count). The van der Waals surface area contributed by atoms with Crippen molar-refractivity contribution in [1.82, 2.24) is 0 Å². The number of rotatable bonds is 1. The van der Waals surface area contributed by atoms with Crippen molar-refractivity contribution >= 4 is 11.6 Å². The lowest BCUT2D eigenvalue weighted by atomic mass is 10.1. The molecule has 0 heterocycles. The standard InChI is InChI=1S/C8H10ClNO/c1-5(10)8-6(9)3-2-4-7(8)11/h2-5,11H,10H2,1H3/t5-/m1/s1. The van der Waals surface area contributed by atoms with Gasteiger partial charge >= 0.3 is 0 Å². The highest BCUT2D eigenvalue weighted by molar-refractivity contribution is 6.31. The van der Waals surface area contributed by atoms with Crippen LogP contribution in [0.5, 0.6) is 5.75 Å². The summed E-state index contributed by atoms with van der Waals surface area (Å²) in [4.78, 5) is 0. The van der Waals surface area contributed by atoms with Crippen LogP contribution in [0.2, 0.25) is 5.02 Å². The maximum atomic E-state index is 9.30. The molecule has 3 heteroatoms. The van der Waals surface area contributed by atoms with E-state index in [1.54, 1.807) is 25.1 Å². The zero-order valence-corrected chi connectivity index (χ0v) is 6.97. The summed E-state index contributed by atoms with van der Waals surface area (Å²) in [6.07, 6.45) is 0. The van der Waals surface area contributed by atoms with Gasteiger partial charge in [-0.1, -0.05) is 17.7 Å². The van der Waals surface area contributed by atoms with Gasteiger partial charge in [0.05, 0.1) is 0 Å².